The average Bonchev–Trinajstić information content (AvgIpc) is 2.93. The number of nitrogens with one attached hydrogen (secondary N) is 2. The van der Waals surface area contributed by atoms with Crippen molar-refractivity contribution in [2.75, 3.05) is 5.32 Å². The Morgan fingerprint density at radius 3 is 2.84 bits per heavy atom. The summed E-state index contributed by atoms with van der Waals surface area (Å²) in [6.45, 7) is 0.804. The van der Waals surface area contributed by atoms with Crippen molar-refractivity contribution in [3.05, 3.63) is 65.9 Å². The maximum absolute atomic E-state index is 9.29. The lowest BCUT2D eigenvalue weighted by molar-refractivity contribution is 0.282. The van der Waals surface area contributed by atoms with Gasteiger partial charge in [-0.05, 0) is 35.2 Å². The quantitative estimate of drug-likeness (QED) is 0.667. The van der Waals surface area contributed by atoms with Gasteiger partial charge in [0, 0.05) is 29.5 Å². The highest BCUT2D eigenvalue weighted by Crippen LogP contribution is 2.18. The molecule has 3 N–H and O–H groups in total. The van der Waals surface area contributed by atoms with Gasteiger partial charge in [-0.3, -0.25) is 0 Å². The van der Waals surface area contributed by atoms with Gasteiger partial charge >= 0.3 is 0 Å². The minimum absolute atomic E-state index is 0.0556. The van der Waals surface area contributed by atoms with Gasteiger partial charge in [0.2, 0.25) is 0 Å². The number of aromatic amines is 1. The molecule has 3 aromatic rings. The molecule has 0 fully saturated rings. The summed E-state index contributed by atoms with van der Waals surface area (Å²) in [7, 11) is 0. The van der Waals surface area contributed by atoms with Crippen LogP contribution in [-0.4, -0.2) is 10.1 Å². The molecule has 2 aromatic carbocycles. The molecule has 19 heavy (non-hydrogen) atoms. The van der Waals surface area contributed by atoms with Crippen molar-refractivity contribution in [1.82, 2.24) is 4.98 Å². The lowest BCUT2D eigenvalue weighted by Gasteiger charge is -2.10. The Morgan fingerprint density at radius 2 is 1.95 bits per heavy atom. The summed E-state index contributed by atoms with van der Waals surface area (Å²) < 4.78 is 0. The highest BCUT2D eigenvalue weighted by Gasteiger charge is 2.01. The number of rotatable bonds is 4. The van der Waals surface area contributed by atoms with E-state index in [1.807, 2.05) is 30.5 Å². The molecule has 0 saturated carbocycles. The molecule has 0 spiro atoms. The van der Waals surface area contributed by atoms with Gasteiger partial charge in [0.05, 0.1) is 6.61 Å². The standard InChI is InChI=1S/C16H16N2O/c19-11-14-3-1-2-4-15(14)18-10-12-5-6-16-13(9-12)7-8-17-16/h1-9,17-19H,10-11H2. The smallest absolute Gasteiger partial charge is 0.0701 e. The first-order valence-corrected chi connectivity index (χ1v) is 6.35. The summed E-state index contributed by atoms with van der Waals surface area (Å²) in [6, 6.07) is 16.2. The molecule has 3 nitrogen and oxygen atoms in total. The summed E-state index contributed by atoms with van der Waals surface area (Å²) in [5.74, 6) is 0. The predicted molar refractivity (Wildman–Crippen MR) is 78.0 cm³/mol. The number of hydrogen-bond acceptors (Lipinski definition) is 2. The van der Waals surface area contributed by atoms with E-state index in [4.69, 9.17) is 0 Å². The molecule has 0 bridgehead atoms. The first kappa shape index (κ1) is 11.8. The number of anilines is 1. The number of H-pyrrole nitrogens is 1. The van der Waals surface area contributed by atoms with Gasteiger partial charge < -0.3 is 15.4 Å². The maximum atomic E-state index is 9.29. The number of fused-ring (bicyclic) bond motifs is 1. The van der Waals surface area contributed by atoms with Crippen LogP contribution in [0.5, 0.6) is 0 Å². The van der Waals surface area contributed by atoms with E-state index in [1.54, 1.807) is 0 Å². The summed E-state index contributed by atoms with van der Waals surface area (Å²) in [4.78, 5) is 3.19. The average molecular weight is 252 g/mol. The van der Waals surface area contributed by atoms with Crippen LogP contribution in [-0.2, 0) is 13.2 Å². The van der Waals surface area contributed by atoms with Crippen molar-refractivity contribution in [3.63, 3.8) is 0 Å². The van der Waals surface area contributed by atoms with Crippen LogP contribution in [0.2, 0.25) is 0 Å². The second-order valence-electron chi connectivity index (χ2n) is 4.57. The molecular weight excluding hydrogens is 236 g/mol. The molecule has 1 heterocycles. The molecule has 0 saturated heterocycles. The Hall–Kier alpha value is -2.26. The van der Waals surface area contributed by atoms with Crippen LogP contribution in [0.4, 0.5) is 5.69 Å². The van der Waals surface area contributed by atoms with Crippen LogP contribution in [0.1, 0.15) is 11.1 Å². The number of aliphatic hydroxyl groups is 1. The SMILES string of the molecule is OCc1ccccc1NCc1ccc2[nH]ccc2c1. The van der Waals surface area contributed by atoms with E-state index in [9.17, 15) is 5.11 Å². The molecule has 96 valence electrons. The van der Waals surface area contributed by atoms with Gasteiger partial charge in [0.25, 0.3) is 0 Å². The third kappa shape index (κ3) is 2.46. The van der Waals surface area contributed by atoms with Crippen molar-refractivity contribution in [2.45, 2.75) is 13.2 Å². The molecule has 0 aliphatic heterocycles. The normalized spacial score (nSPS) is 10.8. The molecule has 0 aliphatic rings. The van der Waals surface area contributed by atoms with Crippen LogP contribution in [0, 0.1) is 0 Å². The lowest BCUT2D eigenvalue weighted by Crippen LogP contribution is -2.02. The maximum Gasteiger partial charge on any atom is 0.0701 e. The zero-order chi connectivity index (χ0) is 13.1. The van der Waals surface area contributed by atoms with Gasteiger partial charge in [-0.15, -0.1) is 0 Å². The van der Waals surface area contributed by atoms with Gasteiger partial charge in [0.1, 0.15) is 0 Å². The molecule has 3 rings (SSSR count). The zero-order valence-electron chi connectivity index (χ0n) is 10.6. The first-order chi connectivity index (χ1) is 9.36. The van der Waals surface area contributed by atoms with Gasteiger partial charge in [-0.25, -0.2) is 0 Å². The van der Waals surface area contributed by atoms with Crippen LogP contribution in [0.3, 0.4) is 0 Å². The lowest BCUT2D eigenvalue weighted by atomic mass is 10.1. The van der Waals surface area contributed by atoms with Crippen molar-refractivity contribution < 1.29 is 5.11 Å². The van der Waals surface area contributed by atoms with Crippen LogP contribution in [0.25, 0.3) is 10.9 Å². The van der Waals surface area contributed by atoms with E-state index < -0.39 is 0 Å². The second-order valence-corrected chi connectivity index (χ2v) is 4.57. The summed E-state index contributed by atoms with van der Waals surface area (Å²) in [6.07, 6.45) is 1.95. The predicted octanol–water partition coefficient (Wildman–Crippen LogP) is 3.27. The Kier molecular flexibility index (Phi) is 3.21. The molecule has 0 aliphatic carbocycles. The van der Waals surface area contributed by atoms with Gasteiger partial charge in [0.15, 0.2) is 0 Å². The van der Waals surface area contributed by atoms with Gasteiger partial charge in [-0.1, -0.05) is 24.3 Å². The highest BCUT2D eigenvalue weighted by molar-refractivity contribution is 5.80. The minimum Gasteiger partial charge on any atom is -0.392 e. The fraction of sp³-hybridized carbons (Fsp3) is 0.125. The Balaban J connectivity index is 1.78. The molecule has 0 unspecified atom stereocenters. The third-order valence-corrected chi connectivity index (χ3v) is 3.29. The number of aromatic nitrogens is 1. The molecule has 0 amide bonds. The van der Waals surface area contributed by atoms with Crippen molar-refractivity contribution >= 4 is 16.6 Å². The minimum atomic E-state index is 0.0556. The fourth-order valence-corrected chi connectivity index (χ4v) is 2.24. The zero-order valence-corrected chi connectivity index (χ0v) is 10.6. The molecule has 0 atom stereocenters. The number of hydrogen-bond donors (Lipinski definition) is 3. The topological polar surface area (TPSA) is 48.0 Å². The number of para-hydroxylation sites is 1. The van der Waals surface area contributed by atoms with E-state index in [2.05, 4.69) is 34.6 Å². The van der Waals surface area contributed by atoms with E-state index in [0.29, 0.717) is 0 Å². The monoisotopic (exact) mass is 252 g/mol. The first-order valence-electron chi connectivity index (χ1n) is 6.35. The molecular formula is C16H16N2O. The van der Waals surface area contributed by atoms with Crippen molar-refractivity contribution in [1.29, 1.82) is 0 Å². The van der Waals surface area contributed by atoms with Crippen LogP contribution >= 0.6 is 0 Å². The Labute approximate surface area is 111 Å². The van der Waals surface area contributed by atoms with E-state index in [1.165, 1.54) is 10.9 Å². The number of aliphatic hydroxyl groups excluding tert-OH is 1. The highest BCUT2D eigenvalue weighted by atomic mass is 16.3. The summed E-state index contributed by atoms with van der Waals surface area (Å²) in [5, 5.41) is 13.9. The number of benzene rings is 2. The Morgan fingerprint density at radius 1 is 1.05 bits per heavy atom. The van der Waals surface area contributed by atoms with E-state index in [0.717, 1.165) is 23.3 Å². The summed E-state index contributed by atoms with van der Waals surface area (Å²) in [5.41, 5.74) is 4.28. The van der Waals surface area contributed by atoms with E-state index in [-0.39, 0.29) is 6.61 Å². The van der Waals surface area contributed by atoms with Crippen molar-refractivity contribution in [2.24, 2.45) is 0 Å². The third-order valence-electron chi connectivity index (χ3n) is 3.29. The molecule has 3 heteroatoms. The van der Waals surface area contributed by atoms with Crippen LogP contribution in [0.15, 0.2) is 54.7 Å². The Bertz CT molecular complexity index is 688. The van der Waals surface area contributed by atoms with Gasteiger partial charge in [-0.2, -0.15) is 0 Å². The molecule has 1 aromatic heterocycles. The van der Waals surface area contributed by atoms with Crippen molar-refractivity contribution in [3.8, 4) is 0 Å². The van der Waals surface area contributed by atoms with E-state index >= 15 is 0 Å². The largest absolute Gasteiger partial charge is 0.392 e. The van der Waals surface area contributed by atoms with Crippen LogP contribution < -0.4 is 5.32 Å². The summed E-state index contributed by atoms with van der Waals surface area (Å²) >= 11 is 0. The second kappa shape index (κ2) is 5.16. The molecule has 0 radical (unpaired) electrons. The fourth-order valence-electron chi connectivity index (χ4n) is 2.24.